The number of rotatable bonds is 6. The number of amides is 4. The van der Waals surface area contributed by atoms with Crippen molar-refractivity contribution < 1.29 is 19.2 Å². The molecule has 0 saturated carbocycles. The van der Waals surface area contributed by atoms with Crippen LogP contribution in [0.3, 0.4) is 0 Å². The van der Waals surface area contributed by atoms with Crippen LogP contribution in [0.4, 0.5) is 0 Å². The van der Waals surface area contributed by atoms with E-state index in [-0.39, 0.29) is 35.7 Å². The summed E-state index contributed by atoms with van der Waals surface area (Å²) in [6, 6.07) is 14.9. The molecule has 0 atom stereocenters. The number of hydrogen-bond acceptors (Lipinski definition) is 4. The van der Waals surface area contributed by atoms with Gasteiger partial charge in [0.15, 0.2) is 0 Å². The molecule has 0 bridgehead atoms. The van der Waals surface area contributed by atoms with Gasteiger partial charge >= 0.3 is 0 Å². The summed E-state index contributed by atoms with van der Waals surface area (Å²) in [4.78, 5) is 57.7. The van der Waals surface area contributed by atoms with Gasteiger partial charge in [0.1, 0.15) is 0 Å². The van der Waals surface area contributed by atoms with Gasteiger partial charge in [0, 0.05) is 45.1 Å². The molecule has 7 rings (SSSR count). The number of imide groups is 2. The Hall–Kier alpha value is -4.32. The zero-order valence-electron chi connectivity index (χ0n) is 23.1. The standard InChI is InChI=1S/C34H30N2O4/c1-5-17(6-2)35-31(37)23-13-9-19-21-11-15-25-30-26(34(40)36(33(25)39)18(7-3)8-4)16-12-22(28(21)30)20-10-14-24(32(35)38)29(23)27(19)20/h9-18H,5-8H2,1-4H3. The Morgan fingerprint density at radius 3 is 0.900 bits per heavy atom. The smallest absolute Gasteiger partial charge is 0.261 e. The number of fused-ring (bicyclic) bond motifs is 2. The molecule has 2 heterocycles. The number of carbonyl (C=O) groups excluding carboxylic acids is 4. The van der Waals surface area contributed by atoms with E-state index in [9.17, 15) is 19.2 Å². The Morgan fingerprint density at radius 2 is 0.675 bits per heavy atom. The molecule has 0 aromatic heterocycles. The molecule has 2 aliphatic rings. The first-order valence-corrected chi connectivity index (χ1v) is 14.3. The van der Waals surface area contributed by atoms with Crippen LogP contribution in [-0.4, -0.2) is 45.5 Å². The SMILES string of the molecule is CCC(CC)N1C(=O)c2ccc3c4ccc5c6c(ccc(c7ccc(c2c37)C1=O)c64)C(=O)N(C(CC)CC)C5=O. The van der Waals surface area contributed by atoms with Crippen LogP contribution in [0.2, 0.25) is 0 Å². The van der Waals surface area contributed by atoms with E-state index >= 15 is 0 Å². The summed E-state index contributed by atoms with van der Waals surface area (Å²) >= 11 is 0. The van der Waals surface area contributed by atoms with Crippen molar-refractivity contribution in [3.8, 4) is 0 Å². The molecule has 0 aliphatic carbocycles. The topological polar surface area (TPSA) is 74.8 Å². The van der Waals surface area contributed by atoms with E-state index in [4.69, 9.17) is 0 Å². The fourth-order valence-electron chi connectivity index (χ4n) is 7.28. The van der Waals surface area contributed by atoms with Gasteiger partial charge in [-0.1, -0.05) is 52.0 Å². The lowest BCUT2D eigenvalue weighted by atomic mass is 9.82. The molecule has 40 heavy (non-hydrogen) atoms. The van der Waals surface area contributed by atoms with Crippen molar-refractivity contribution in [2.45, 2.75) is 65.5 Å². The van der Waals surface area contributed by atoms with Gasteiger partial charge in [0.2, 0.25) is 0 Å². The van der Waals surface area contributed by atoms with Crippen LogP contribution in [0, 0.1) is 0 Å². The van der Waals surface area contributed by atoms with Crippen LogP contribution in [0.15, 0.2) is 48.5 Å². The largest absolute Gasteiger partial charge is 0.271 e. The van der Waals surface area contributed by atoms with Crippen molar-refractivity contribution >= 4 is 66.7 Å². The van der Waals surface area contributed by atoms with E-state index in [0.29, 0.717) is 58.7 Å². The van der Waals surface area contributed by atoms with Crippen LogP contribution in [0.5, 0.6) is 0 Å². The Balaban J connectivity index is 1.56. The van der Waals surface area contributed by atoms with Crippen molar-refractivity contribution in [3.63, 3.8) is 0 Å². The highest BCUT2D eigenvalue weighted by molar-refractivity contribution is 6.41. The van der Waals surface area contributed by atoms with Gasteiger partial charge in [-0.15, -0.1) is 0 Å². The molecule has 0 N–H and O–H groups in total. The zero-order valence-corrected chi connectivity index (χ0v) is 23.1. The van der Waals surface area contributed by atoms with Gasteiger partial charge in [0.05, 0.1) is 0 Å². The molecule has 0 unspecified atom stereocenters. The summed E-state index contributed by atoms with van der Waals surface area (Å²) in [7, 11) is 0. The third-order valence-corrected chi connectivity index (χ3v) is 9.31. The maximum atomic E-state index is 13.7. The normalized spacial score (nSPS) is 15.4. The Morgan fingerprint density at radius 1 is 0.425 bits per heavy atom. The summed E-state index contributed by atoms with van der Waals surface area (Å²) in [5, 5.41) is 6.77. The van der Waals surface area contributed by atoms with Gasteiger partial charge < -0.3 is 0 Å². The van der Waals surface area contributed by atoms with E-state index in [0.717, 1.165) is 32.3 Å². The van der Waals surface area contributed by atoms with E-state index in [1.807, 2.05) is 76.2 Å². The predicted octanol–water partition coefficient (Wildman–Crippen LogP) is 7.31. The molecule has 0 fully saturated rings. The second-order valence-electron chi connectivity index (χ2n) is 11.0. The van der Waals surface area contributed by atoms with E-state index in [1.165, 1.54) is 9.80 Å². The second-order valence-corrected chi connectivity index (χ2v) is 11.0. The molecule has 2 aliphatic heterocycles. The van der Waals surface area contributed by atoms with Crippen LogP contribution in [-0.2, 0) is 0 Å². The van der Waals surface area contributed by atoms with Crippen LogP contribution < -0.4 is 0 Å². The average Bonchev–Trinajstić information content (AvgIpc) is 2.98. The van der Waals surface area contributed by atoms with Crippen molar-refractivity contribution in [2.75, 3.05) is 0 Å². The van der Waals surface area contributed by atoms with Gasteiger partial charge in [-0.3, -0.25) is 29.0 Å². The maximum absolute atomic E-state index is 13.7. The molecular formula is C34H30N2O4. The zero-order chi connectivity index (χ0) is 28.0. The first-order valence-electron chi connectivity index (χ1n) is 14.3. The highest BCUT2D eigenvalue weighted by atomic mass is 16.2. The molecular weight excluding hydrogens is 500 g/mol. The van der Waals surface area contributed by atoms with Crippen LogP contribution in [0.1, 0.15) is 94.8 Å². The molecule has 0 saturated heterocycles. The first kappa shape index (κ1) is 24.7. The molecule has 5 aromatic carbocycles. The van der Waals surface area contributed by atoms with Gasteiger partial charge in [0.25, 0.3) is 23.6 Å². The number of benzene rings is 5. The van der Waals surface area contributed by atoms with Crippen molar-refractivity contribution in [2.24, 2.45) is 0 Å². The van der Waals surface area contributed by atoms with E-state index < -0.39 is 0 Å². The third-order valence-electron chi connectivity index (χ3n) is 9.31. The number of hydrogen-bond donors (Lipinski definition) is 0. The average molecular weight is 531 g/mol. The second kappa shape index (κ2) is 8.59. The lowest BCUT2D eigenvalue weighted by Crippen LogP contribution is -2.46. The summed E-state index contributed by atoms with van der Waals surface area (Å²) in [5.74, 6) is -0.987. The molecule has 5 aromatic rings. The lowest BCUT2D eigenvalue weighted by Gasteiger charge is -2.34. The Bertz CT molecular complexity index is 1690. The highest BCUT2D eigenvalue weighted by Gasteiger charge is 2.39. The van der Waals surface area contributed by atoms with E-state index in [2.05, 4.69) is 0 Å². The molecule has 200 valence electrons. The maximum Gasteiger partial charge on any atom is 0.261 e. The minimum Gasteiger partial charge on any atom is -0.271 e. The fourth-order valence-corrected chi connectivity index (χ4v) is 7.28. The summed E-state index contributed by atoms with van der Waals surface area (Å²) in [6.07, 6.45) is 2.81. The van der Waals surface area contributed by atoms with Gasteiger partial charge in [-0.2, -0.15) is 0 Å². The molecule has 4 amide bonds. The summed E-state index contributed by atoms with van der Waals surface area (Å²) < 4.78 is 0. The monoisotopic (exact) mass is 530 g/mol. The summed E-state index contributed by atoms with van der Waals surface area (Å²) in [5.41, 5.74) is 2.18. The molecule has 6 heteroatoms. The quantitative estimate of drug-likeness (QED) is 0.131. The molecule has 6 nitrogen and oxygen atoms in total. The van der Waals surface area contributed by atoms with Gasteiger partial charge in [-0.05, 0) is 82.3 Å². The molecule has 0 spiro atoms. The minimum absolute atomic E-state index is 0.151. The van der Waals surface area contributed by atoms with E-state index in [1.54, 1.807) is 0 Å². The van der Waals surface area contributed by atoms with Gasteiger partial charge in [-0.25, -0.2) is 0 Å². The minimum atomic E-state index is -0.247. The van der Waals surface area contributed by atoms with Crippen molar-refractivity contribution in [1.82, 2.24) is 9.80 Å². The lowest BCUT2D eigenvalue weighted by molar-refractivity contribution is 0.0514. The van der Waals surface area contributed by atoms with Crippen molar-refractivity contribution in [1.29, 1.82) is 0 Å². The predicted molar refractivity (Wildman–Crippen MR) is 157 cm³/mol. The Labute approximate surface area is 231 Å². The first-order chi connectivity index (χ1) is 19.4. The third kappa shape index (κ3) is 2.88. The fraction of sp³-hybridized carbons (Fsp3) is 0.294. The molecule has 0 radical (unpaired) electrons. The van der Waals surface area contributed by atoms with Crippen LogP contribution >= 0.6 is 0 Å². The number of nitrogens with zero attached hydrogens (tertiary/aromatic N) is 2. The van der Waals surface area contributed by atoms with Crippen molar-refractivity contribution in [3.05, 3.63) is 70.8 Å². The summed E-state index contributed by atoms with van der Waals surface area (Å²) in [6.45, 7) is 7.99. The Kier molecular flexibility index (Phi) is 5.30. The number of carbonyl (C=O) groups is 4. The highest BCUT2D eigenvalue weighted by Crippen LogP contribution is 2.46. The van der Waals surface area contributed by atoms with Crippen LogP contribution in [0.25, 0.3) is 43.1 Å².